The number of carbonyl (C=O) groups excluding carboxylic acids is 1. The fourth-order valence-electron chi connectivity index (χ4n) is 3.22. The molecule has 1 amide bonds. The Morgan fingerprint density at radius 3 is 2.46 bits per heavy atom. The number of likely N-dealkylation sites (N-methyl/N-ethyl adjacent to an activating group) is 1. The van der Waals surface area contributed by atoms with E-state index in [-0.39, 0.29) is 23.4 Å². The first kappa shape index (κ1) is 18.9. The van der Waals surface area contributed by atoms with Crippen LogP contribution in [0.25, 0.3) is 0 Å². The van der Waals surface area contributed by atoms with Gasteiger partial charge in [0.1, 0.15) is 0 Å². The minimum absolute atomic E-state index is 0.0781. The summed E-state index contributed by atoms with van der Waals surface area (Å²) in [5.41, 5.74) is 5.81. The Bertz CT molecular complexity index is 628. The topological polar surface area (TPSA) is 92.5 Å². The Hall–Kier alpha value is -1.44. The highest BCUT2D eigenvalue weighted by Gasteiger charge is 2.27. The van der Waals surface area contributed by atoms with Crippen molar-refractivity contribution < 1.29 is 13.2 Å². The van der Waals surface area contributed by atoms with E-state index in [1.807, 2.05) is 0 Å². The van der Waals surface area contributed by atoms with Crippen LogP contribution in [0.3, 0.4) is 0 Å². The van der Waals surface area contributed by atoms with Gasteiger partial charge < -0.3 is 11.1 Å². The van der Waals surface area contributed by atoms with Gasteiger partial charge in [-0.05, 0) is 30.9 Å². The highest BCUT2D eigenvalue weighted by molar-refractivity contribution is 7.89. The average Bonchev–Trinajstić information content (AvgIpc) is 2.61. The summed E-state index contributed by atoms with van der Waals surface area (Å²) in [6, 6.07) is 8.04. The number of sulfonamides is 1. The Balaban J connectivity index is 1.95. The molecule has 1 fully saturated rings. The number of rotatable bonds is 7. The predicted molar refractivity (Wildman–Crippen MR) is 93.8 cm³/mol. The molecule has 1 aliphatic carbocycles. The first-order valence-electron chi connectivity index (χ1n) is 8.46. The number of benzene rings is 1. The van der Waals surface area contributed by atoms with Crippen LogP contribution < -0.4 is 11.1 Å². The van der Waals surface area contributed by atoms with Crippen molar-refractivity contribution >= 4 is 15.9 Å². The zero-order valence-electron chi connectivity index (χ0n) is 14.1. The number of nitrogens with one attached hydrogen (secondary N) is 1. The lowest BCUT2D eigenvalue weighted by Gasteiger charge is -2.30. The number of hydrogen-bond acceptors (Lipinski definition) is 4. The zero-order valence-corrected chi connectivity index (χ0v) is 15.0. The van der Waals surface area contributed by atoms with Crippen LogP contribution in [0.5, 0.6) is 0 Å². The van der Waals surface area contributed by atoms with Gasteiger partial charge in [0.25, 0.3) is 0 Å². The zero-order chi connectivity index (χ0) is 17.6. The summed E-state index contributed by atoms with van der Waals surface area (Å²) in [5, 5.41) is 2.92. The smallest absolute Gasteiger partial charge is 0.243 e. The number of nitrogens with zero attached hydrogens (tertiary/aromatic N) is 1. The van der Waals surface area contributed by atoms with Crippen LogP contribution in [0.4, 0.5) is 0 Å². The van der Waals surface area contributed by atoms with Crippen LogP contribution in [-0.2, 0) is 14.8 Å². The van der Waals surface area contributed by atoms with Gasteiger partial charge in [-0.1, -0.05) is 37.5 Å². The van der Waals surface area contributed by atoms with Crippen LogP contribution in [-0.4, -0.2) is 44.8 Å². The van der Waals surface area contributed by atoms with Crippen LogP contribution in [0.2, 0.25) is 0 Å². The van der Waals surface area contributed by atoms with Gasteiger partial charge in [0.15, 0.2) is 0 Å². The van der Waals surface area contributed by atoms with E-state index in [2.05, 4.69) is 5.32 Å². The van der Waals surface area contributed by atoms with Crippen molar-refractivity contribution in [1.82, 2.24) is 9.62 Å². The molecule has 2 rings (SSSR count). The molecule has 0 radical (unpaired) electrons. The molecule has 0 bridgehead atoms. The number of amides is 1. The third-order valence-electron chi connectivity index (χ3n) is 4.64. The van der Waals surface area contributed by atoms with Gasteiger partial charge in [0, 0.05) is 19.6 Å². The maximum Gasteiger partial charge on any atom is 0.243 e. The third-order valence-corrected chi connectivity index (χ3v) is 6.45. The molecule has 0 aromatic heterocycles. The SMILES string of the molecule is CN(CC(=O)NC(CN)C1CCCCC1)S(=O)(=O)c1ccccc1. The van der Waals surface area contributed by atoms with Crippen molar-refractivity contribution in [2.75, 3.05) is 20.1 Å². The largest absolute Gasteiger partial charge is 0.351 e. The van der Waals surface area contributed by atoms with E-state index in [0.29, 0.717) is 12.5 Å². The maximum absolute atomic E-state index is 12.4. The molecule has 1 saturated carbocycles. The minimum atomic E-state index is -3.66. The lowest BCUT2D eigenvalue weighted by molar-refractivity contribution is -0.122. The van der Waals surface area contributed by atoms with Crippen LogP contribution >= 0.6 is 0 Å². The molecule has 24 heavy (non-hydrogen) atoms. The monoisotopic (exact) mass is 353 g/mol. The first-order chi connectivity index (χ1) is 11.4. The predicted octanol–water partition coefficient (Wildman–Crippen LogP) is 1.33. The second kappa shape index (κ2) is 8.60. The van der Waals surface area contributed by atoms with Gasteiger partial charge in [0.05, 0.1) is 11.4 Å². The lowest BCUT2D eigenvalue weighted by atomic mass is 9.84. The summed E-state index contributed by atoms with van der Waals surface area (Å²) < 4.78 is 26.0. The van der Waals surface area contributed by atoms with Crippen molar-refractivity contribution in [3.63, 3.8) is 0 Å². The van der Waals surface area contributed by atoms with Gasteiger partial charge in [-0.15, -0.1) is 0 Å². The quantitative estimate of drug-likeness (QED) is 0.773. The fourth-order valence-corrected chi connectivity index (χ4v) is 4.37. The van der Waals surface area contributed by atoms with Gasteiger partial charge in [0.2, 0.25) is 15.9 Å². The molecule has 1 aromatic rings. The molecule has 0 aliphatic heterocycles. The van der Waals surface area contributed by atoms with E-state index in [1.165, 1.54) is 38.4 Å². The molecule has 7 heteroatoms. The standard InChI is InChI=1S/C17H27N3O3S/c1-20(24(22,23)15-10-6-3-7-11-15)13-17(21)19-16(12-18)14-8-4-2-5-9-14/h3,6-7,10-11,14,16H,2,4-5,8-9,12-13,18H2,1H3,(H,19,21). The Morgan fingerprint density at radius 1 is 1.25 bits per heavy atom. The summed E-state index contributed by atoms with van der Waals surface area (Å²) in [5.74, 6) is 0.0850. The Kier molecular flexibility index (Phi) is 6.77. The molecule has 1 atom stereocenters. The first-order valence-corrected chi connectivity index (χ1v) is 9.90. The molecule has 1 aromatic carbocycles. The molecular weight excluding hydrogens is 326 g/mol. The molecule has 0 heterocycles. The van der Waals surface area contributed by atoms with Gasteiger partial charge in [-0.25, -0.2) is 8.42 Å². The van der Waals surface area contributed by atoms with Crippen molar-refractivity contribution in [2.24, 2.45) is 11.7 Å². The molecule has 0 saturated heterocycles. The molecule has 3 N–H and O–H groups in total. The Morgan fingerprint density at radius 2 is 1.88 bits per heavy atom. The molecule has 134 valence electrons. The second-order valence-electron chi connectivity index (χ2n) is 6.38. The van der Waals surface area contributed by atoms with Crippen molar-refractivity contribution in [3.05, 3.63) is 30.3 Å². The summed E-state index contributed by atoms with van der Waals surface area (Å²) in [6.45, 7) is 0.173. The number of hydrogen-bond donors (Lipinski definition) is 2. The molecular formula is C17H27N3O3S. The summed E-state index contributed by atoms with van der Waals surface area (Å²) in [6.07, 6.45) is 5.71. The summed E-state index contributed by atoms with van der Waals surface area (Å²) in [7, 11) is -2.24. The molecule has 0 spiro atoms. The van der Waals surface area contributed by atoms with Crippen LogP contribution in [0, 0.1) is 5.92 Å². The lowest BCUT2D eigenvalue weighted by Crippen LogP contribution is -2.49. The van der Waals surface area contributed by atoms with Gasteiger partial charge in [-0.3, -0.25) is 4.79 Å². The van der Waals surface area contributed by atoms with E-state index >= 15 is 0 Å². The van der Waals surface area contributed by atoms with E-state index in [1.54, 1.807) is 18.2 Å². The van der Waals surface area contributed by atoms with E-state index in [0.717, 1.165) is 17.1 Å². The van der Waals surface area contributed by atoms with Crippen LogP contribution in [0.1, 0.15) is 32.1 Å². The second-order valence-corrected chi connectivity index (χ2v) is 8.43. The fraction of sp³-hybridized carbons (Fsp3) is 0.588. The molecule has 1 aliphatic rings. The van der Waals surface area contributed by atoms with Crippen molar-refractivity contribution in [1.29, 1.82) is 0 Å². The van der Waals surface area contributed by atoms with Crippen molar-refractivity contribution in [3.8, 4) is 0 Å². The highest BCUT2D eigenvalue weighted by Crippen LogP contribution is 2.26. The molecule has 6 nitrogen and oxygen atoms in total. The highest BCUT2D eigenvalue weighted by atomic mass is 32.2. The van der Waals surface area contributed by atoms with Gasteiger partial charge >= 0.3 is 0 Å². The summed E-state index contributed by atoms with van der Waals surface area (Å²) >= 11 is 0. The number of carbonyl (C=O) groups is 1. The van der Waals surface area contributed by atoms with Crippen molar-refractivity contribution in [2.45, 2.75) is 43.0 Å². The molecule has 1 unspecified atom stereocenters. The Labute approximate surface area is 144 Å². The minimum Gasteiger partial charge on any atom is -0.351 e. The van der Waals surface area contributed by atoms with E-state index in [9.17, 15) is 13.2 Å². The maximum atomic E-state index is 12.4. The summed E-state index contributed by atoms with van der Waals surface area (Å²) in [4.78, 5) is 12.5. The van der Waals surface area contributed by atoms with E-state index in [4.69, 9.17) is 5.73 Å². The van der Waals surface area contributed by atoms with Gasteiger partial charge in [-0.2, -0.15) is 4.31 Å². The number of nitrogens with two attached hydrogens (primary N) is 1. The average molecular weight is 353 g/mol. The van der Waals surface area contributed by atoms with Crippen LogP contribution in [0.15, 0.2) is 35.2 Å². The third kappa shape index (κ3) is 4.78. The normalized spacial score (nSPS) is 17.6. The van der Waals surface area contributed by atoms with E-state index < -0.39 is 10.0 Å².